The first-order valence-electron chi connectivity index (χ1n) is 5.21. The highest BCUT2D eigenvalue weighted by molar-refractivity contribution is 7.92. The van der Waals surface area contributed by atoms with Crippen LogP contribution in [-0.4, -0.2) is 14.7 Å². The lowest BCUT2D eigenvalue weighted by molar-refractivity contribution is 0.607. The van der Waals surface area contributed by atoms with Crippen LogP contribution in [0, 0.1) is 29.6 Å². The number of nitrogens with zero attached hydrogens (tertiary/aromatic N) is 2. The molecule has 0 saturated heterocycles. The SMILES string of the molecule is Cc1ccc(NS(C)(=O)=O)cc1NC=C(C#N)C#N. The summed E-state index contributed by atoms with van der Waals surface area (Å²) in [7, 11) is -3.35. The van der Waals surface area contributed by atoms with E-state index >= 15 is 0 Å². The van der Waals surface area contributed by atoms with Crippen molar-refractivity contribution in [2.24, 2.45) is 0 Å². The molecule has 0 aromatic heterocycles. The van der Waals surface area contributed by atoms with Gasteiger partial charge in [0.25, 0.3) is 0 Å². The minimum absolute atomic E-state index is 0.0686. The van der Waals surface area contributed by atoms with Crippen molar-refractivity contribution in [3.8, 4) is 12.1 Å². The van der Waals surface area contributed by atoms with E-state index in [2.05, 4.69) is 10.0 Å². The first-order chi connectivity index (χ1) is 8.85. The predicted molar refractivity (Wildman–Crippen MR) is 72.6 cm³/mol. The zero-order valence-electron chi connectivity index (χ0n) is 10.4. The molecule has 0 aliphatic heterocycles. The molecule has 0 aliphatic rings. The topological polar surface area (TPSA) is 106 Å². The summed E-state index contributed by atoms with van der Waals surface area (Å²) in [4.78, 5) is 0. The first kappa shape index (κ1) is 14.6. The lowest BCUT2D eigenvalue weighted by Gasteiger charge is -2.09. The van der Waals surface area contributed by atoms with Crippen molar-refractivity contribution in [2.75, 3.05) is 16.3 Å². The number of hydrogen-bond donors (Lipinski definition) is 2. The van der Waals surface area contributed by atoms with Gasteiger partial charge >= 0.3 is 0 Å². The Morgan fingerprint density at radius 2 is 1.95 bits per heavy atom. The number of hydrogen-bond acceptors (Lipinski definition) is 5. The molecule has 0 atom stereocenters. The van der Waals surface area contributed by atoms with Crippen LogP contribution in [0.3, 0.4) is 0 Å². The van der Waals surface area contributed by atoms with Crippen LogP contribution in [0.5, 0.6) is 0 Å². The highest BCUT2D eigenvalue weighted by atomic mass is 32.2. The molecule has 0 bridgehead atoms. The number of nitrogens with one attached hydrogen (secondary N) is 2. The van der Waals surface area contributed by atoms with Gasteiger partial charge in [-0.05, 0) is 24.6 Å². The summed E-state index contributed by atoms with van der Waals surface area (Å²) in [5, 5.41) is 20.0. The molecule has 1 aromatic rings. The van der Waals surface area contributed by atoms with Gasteiger partial charge in [0.15, 0.2) is 0 Å². The summed E-state index contributed by atoms with van der Waals surface area (Å²) in [5.41, 5.74) is 1.79. The van der Waals surface area contributed by atoms with E-state index in [4.69, 9.17) is 10.5 Å². The number of rotatable bonds is 4. The van der Waals surface area contributed by atoms with Crippen LogP contribution < -0.4 is 10.0 Å². The second kappa shape index (κ2) is 5.89. The minimum atomic E-state index is -3.35. The number of anilines is 2. The molecule has 1 aromatic carbocycles. The molecule has 0 amide bonds. The van der Waals surface area contributed by atoms with E-state index in [-0.39, 0.29) is 5.57 Å². The van der Waals surface area contributed by atoms with Crippen LogP contribution in [0.25, 0.3) is 0 Å². The molecular weight excluding hydrogens is 264 g/mol. The van der Waals surface area contributed by atoms with Gasteiger partial charge in [0, 0.05) is 11.9 Å². The van der Waals surface area contributed by atoms with Crippen LogP contribution in [-0.2, 0) is 10.0 Å². The van der Waals surface area contributed by atoms with Crippen molar-refractivity contribution in [3.63, 3.8) is 0 Å². The molecule has 6 nitrogen and oxygen atoms in total. The Morgan fingerprint density at radius 1 is 1.32 bits per heavy atom. The summed E-state index contributed by atoms with van der Waals surface area (Å²) < 4.78 is 24.6. The second-order valence-electron chi connectivity index (χ2n) is 3.83. The lowest BCUT2D eigenvalue weighted by Crippen LogP contribution is -2.09. The number of allylic oxidation sites excluding steroid dienone is 1. The molecule has 2 N–H and O–H groups in total. The largest absolute Gasteiger partial charge is 0.360 e. The van der Waals surface area contributed by atoms with E-state index in [1.54, 1.807) is 30.3 Å². The Kier molecular flexibility index (Phi) is 4.51. The third-order valence-electron chi connectivity index (χ3n) is 2.15. The molecule has 98 valence electrons. The smallest absolute Gasteiger partial charge is 0.229 e. The number of nitriles is 2. The average Bonchev–Trinajstić information content (AvgIpc) is 2.32. The summed E-state index contributed by atoms with van der Waals surface area (Å²) >= 11 is 0. The van der Waals surface area contributed by atoms with E-state index in [0.717, 1.165) is 11.8 Å². The van der Waals surface area contributed by atoms with Gasteiger partial charge in [-0.2, -0.15) is 10.5 Å². The summed E-state index contributed by atoms with van der Waals surface area (Å²) in [6.45, 7) is 1.82. The Bertz CT molecular complexity index is 677. The standard InChI is InChI=1S/C12H12N4O2S/c1-9-3-4-11(16-19(2,17)18)5-12(9)15-8-10(6-13)7-14/h3-5,8,15-16H,1-2H3. The molecule has 0 heterocycles. The summed E-state index contributed by atoms with van der Waals surface area (Å²) in [5.74, 6) is 0. The maximum Gasteiger partial charge on any atom is 0.229 e. The van der Waals surface area contributed by atoms with E-state index in [1.165, 1.54) is 6.20 Å². The quantitative estimate of drug-likeness (QED) is 0.814. The third kappa shape index (κ3) is 4.70. The minimum Gasteiger partial charge on any atom is -0.360 e. The van der Waals surface area contributed by atoms with Gasteiger partial charge < -0.3 is 5.32 Å². The second-order valence-corrected chi connectivity index (χ2v) is 5.58. The molecule has 0 aliphatic carbocycles. The third-order valence-corrected chi connectivity index (χ3v) is 2.76. The van der Waals surface area contributed by atoms with E-state index in [1.807, 2.05) is 6.92 Å². The molecule has 1 rings (SSSR count). The summed E-state index contributed by atoms with van der Waals surface area (Å²) in [6, 6.07) is 8.37. The molecule has 7 heteroatoms. The Labute approximate surface area is 112 Å². The fourth-order valence-corrected chi connectivity index (χ4v) is 1.85. The Balaban J connectivity index is 3.03. The predicted octanol–water partition coefficient (Wildman–Crippen LogP) is 1.71. The van der Waals surface area contributed by atoms with Gasteiger partial charge in [-0.15, -0.1) is 0 Å². The van der Waals surface area contributed by atoms with E-state index in [0.29, 0.717) is 11.4 Å². The zero-order chi connectivity index (χ0) is 14.5. The number of benzene rings is 1. The molecule has 0 saturated carbocycles. The number of aryl methyl sites for hydroxylation is 1. The Morgan fingerprint density at radius 3 is 2.47 bits per heavy atom. The van der Waals surface area contributed by atoms with Gasteiger partial charge in [0.2, 0.25) is 10.0 Å². The van der Waals surface area contributed by atoms with Gasteiger partial charge in [-0.25, -0.2) is 8.42 Å². The summed E-state index contributed by atoms with van der Waals surface area (Å²) in [6.07, 6.45) is 2.33. The van der Waals surface area contributed by atoms with Crippen LogP contribution in [0.2, 0.25) is 0 Å². The van der Waals surface area contributed by atoms with Crippen molar-refractivity contribution in [1.82, 2.24) is 0 Å². The molecule has 0 spiro atoms. The highest BCUT2D eigenvalue weighted by Gasteiger charge is 2.04. The van der Waals surface area contributed by atoms with Crippen LogP contribution in [0.4, 0.5) is 11.4 Å². The van der Waals surface area contributed by atoms with Crippen molar-refractivity contribution in [1.29, 1.82) is 10.5 Å². The molecule has 0 radical (unpaired) electrons. The van der Waals surface area contributed by atoms with Crippen LogP contribution >= 0.6 is 0 Å². The van der Waals surface area contributed by atoms with E-state index in [9.17, 15) is 8.42 Å². The first-order valence-corrected chi connectivity index (χ1v) is 7.10. The molecule has 0 unspecified atom stereocenters. The Hall–Kier alpha value is -2.51. The van der Waals surface area contributed by atoms with Crippen molar-refractivity contribution >= 4 is 21.4 Å². The van der Waals surface area contributed by atoms with Gasteiger partial charge in [-0.1, -0.05) is 6.07 Å². The van der Waals surface area contributed by atoms with Gasteiger partial charge in [0.05, 0.1) is 11.9 Å². The highest BCUT2D eigenvalue weighted by Crippen LogP contribution is 2.21. The zero-order valence-corrected chi connectivity index (χ0v) is 11.2. The lowest BCUT2D eigenvalue weighted by atomic mass is 10.2. The van der Waals surface area contributed by atoms with Crippen LogP contribution in [0.1, 0.15) is 5.56 Å². The average molecular weight is 276 g/mol. The number of sulfonamides is 1. The van der Waals surface area contributed by atoms with Crippen molar-refractivity contribution in [2.45, 2.75) is 6.92 Å². The fourth-order valence-electron chi connectivity index (χ4n) is 1.29. The van der Waals surface area contributed by atoms with Gasteiger partial charge in [0.1, 0.15) is 17.7 Å². The van der Waals surface area contributed by atoms with Crippen molar-refractivity contribution in [3.05, 3.63) is 35.5 Å². The van der Waals surface area contributed by atoms with Crippen molar-refractivity contribution < 1.29 is 8.42 Å². The normalized spacial score (nSPS) is 9.89. The molecular formula is C12H12N4O2S. The van der Waals surface area contributed by atoms with E-state index < -0.39 is 10.0 Å². The monoisotopic (exact) mass is 276 g/mol. The fraction of sp³-hybridized carbons (Fsp3) is 0.167. The molecule has 0 fully saturated rings. The molecule has 19 heavy (non-hydrogen) atoms. The van der Waals surface area contributed by atoms with Gasteiger partial charge in [-0.3, -0.25) is 4.72 Å². The maximum atomic E-state index is 11.1. The van der Waals surface area contributed by atoms with Crippen LogP contribution in [0.15, 0.2) is 30.0 Å². The maximum absolute atomic E-state index is 11.1.